The summed E-state index contributed by atoms with van der Waals surface area (Å²) < 4.78 is 5.54. The van der Waals surface area contributed by atoms with Crippen molar-refractivity contribution in [2.24, 2.45) is 0 Å². The van der Waals surface area contributed by atoms with Crippen molar-refractivity contribution in [3.63, 3.8) is 0 Å². The number of halogens is 1. The van der Waals surface area contributed by atoms with Crippen molar-refractivity contribution in [3.05, 3.63) is 88.9 Å². The molecule has 4 rings (SSSR count). The molecule has 3 aromatic carbocycles. The molecule has 1 unspecified atom stereocenters. The highest BCUT2D eigenvalue weighted by atomic mass is 35.5. The molecule has 1 atom stereocenters. The average molecular weight is 492 g/mol. The number of carbonyl (C=O) groups is 2. The van der Waals surface area contributed by atoms with E-state index in [-0.39, 0.29) is 24.5 Å². The Morgan fingerprint density at radius 3 is 2.40 bits per heavy atom. The molecular formula is C28H30ClN3O3. The van der Waals surface area contributed by atoms with Gasteiger partial charge in [0.25, 0.3) is 11.8 Å². The summed E-state index contributed by atoms with van der Waals surface area (Å²) in [5.41, 5.74) is 3.01. The minimum absolute atomic E-state index is 0.149. The van der Waals surface area contributed by atoms with Crippen LogP contribution < -0.4 is 20.3 Å². The van der Waals surface area contributed by atoms with E-state index >= 15 is 0 Å². The van der Waals surface area contributed by atoms with Gasteiger partial charge in [-0.3, -0.25) is 9.59 Å². The Hall–Kier alpha value is -3.51. The number of anilines is 2. The fraction of sp³-hybridized carbons (Fsp3) is 0.286. The highest BCUT2D eigenvalue weighted by molar-refractivity contribution is 6.30. The molecule has 182 valence electrons. The standard InChI is InChI=1S/C28H30ClN3O3/c1-20(21-8-4-2-5-9-21)30-28(34)25-18-23(12-15-26(25)32-16-6-3-7-17-32)31-27(33)19-35-24-13-10-22(29)11-14-24/h2,4-5,8-15,18,20H,3,6-7,16-17,19H2,1H3,(H,30,34)(H,31,33). The van der Waals surface area contributed by atoms with Crippen molar-refractivity contribution in [2.45, 2.75) is 32.2 Å². The van der Waals surface area contributed by atoms with E-state index in [4.69, 9.17) is 16.3 Å². The summed E-state index contributed by atoms with van der Waals surface area (Å²) in [5, 5.41) is 6.56. The predicted octanol–water partition coefficient (Wildman–Crippen LogP) is 5.84. The molecule has 35 heavy (non-hydrogen) atoms. The number of benzene rings is 3. The van der Waals surface area contributed by atoms with Crippen LogP contribution in [0.1, 0.15) is 48.1 Å². The lowest BCUT2D eigenvalue weighted by atomic mass is 10.0. The van der Waals surface area contributed by atoms with Crippen LogP contribution in [0.4, 0.5) is 11.4 Å². The van der Waals surface area contributed by atoms with Gasteiger partial charge < -0.3 is 20.3 Å². The van der Waals surface area contributed by atoms with Crippen LogP contribution in [-0.2, 0) is 4.79 Å². The van der Waals surface area contributed by atoms with Crippen LogP contribution in [0.25, 0.3) is 0 Å². The van der Waals surface area contributed by atoms with Gasteiger partial charge in [-0.15, -0.1) is 0 Å². The van der Waals surface area contributed by atoms with Crippen LogP contribution in [0.15, 0.2) is 72.8 Å². The molecule has 0 aromatic heterocycles. The Kier molecular flexibility index (Phi) is 8.27. The Bertz CT molecular complexity index is 1150. The van der Waals surface area contributed by atoms with Crippen LogP contribution in [-0.4, -0.2) is 31.5 Å². The van der Waals surface area contributed by atoms with Gasteiger partial charge in [-0.05, 0) is 74.2 Å². The molecule has 1 fully saturated rings. The summed E-state index contributed by atoms with van der Waals surface area (Å²) >= 11 is 5.89. The summed E-state index contributed by atoms with van der Waals surface area (Å²) in [6, 6.07) is 22.0. The van der Waals surface area contributed by atoms with E-state index in [2.05, 4.69) is 15.5 Å². The molecule has 1 aliphatic heterocycles. The van der Waals surface area contributed by atoms with Gasteiger partial charge in [0.2, 0.25) is 0 Å². The highest BCUT2D eigenvalue weighted by Gasteiger charge is 2.21. The molecule has 0 radical (unpaired) electrons. The lowest BCUT2D eigenvalue weighted by molar-refractivity contribution is -0.118. The number of carbonyl (C=O) groups excluding carboxylic acids is 2. The number of nitrogens with one attached hydrogen (secondary N) is 2. The van der Waals surface area contributed by atoms with Crippen molar-refractivity contribution >= 4 is 34.8 Å². The maximum Gasteiger partial charge on any atom is 0.262 e. The van der Waals surface area contributed by atoms with Gasteiger partial charge >= 0.3 is 0 Å². The fourth-order valence-corrected chi connectivity index (χ4v) is 4.31. The maximum atomic E-state index is 13.4. The van der Waals surface area contributed by atoms with Gasteiger partial charge in [0, 0.05) is 29.5 Å². The molecule has 1 aliphatic rings. The first-order chi connectivity index (χ1) is 17.0. The molecule has 0 aliphatic carbocycles. The molecule has 2 N–H and O–H groups in total. The normalized spacial score (nSPS) is 14.2. The molecule has 0 bridgehead atoms. The van der Waals surface area contributed by atoms with Gasteiger partial charge in [-0.1, -0.05) is 41.9 Å². The van der Waals surface area contributed by atoms with Crippen LogP contribution in [0, 0.1) is 0 Å². The van der Waals surface area contributed by atoms with Crippen molar-refractivity contribution in [1.82, 2.24) is 5.32 Å². The van der Waals surface area contributed by atoms with Crippen LogP contribution >= 0.6 is 11.6 Å². The smallest absolute Gasteiger partial charge is 0.262 e. The number of nitrogens with zero attached hydrogens (tertiary/aromatic N) is 1. The summed E-state index contributed by atoms with van der Waals surface area (Å²) in [6.45, 7) is 3.64. The Labute approximate surface area is 211 Å². The van der Waals surface area contributed by atoms with E-state index < -0.39 is 0 Å². The van der Waals surface area contributed by atoms with Gasteiger partial charge in [-0.25, -0.2) is 0 Å². The maximum absolute atomic E-state index is 13.4. The van der Waals surface area contributed by atoms with Crippen LogP contribution in [0.2, 0.25) is 5.02 Å². The van der Waals surface area contributed by atoms with Crippen molar-refractivity contribution < 1.29 is 14.3 Å². The third-order valence-corrected chi connectivity index (χ3v) is 6.30. The predicted molar refractivity (Wildman–Crippen MR) is 140 cm³/mol. The summed E-state index contributed by atoms with van der Waals surface area (Å²) in [5.74, 6) is 0.0742. The molecule has 3 aromatic rings. The third kappa shape index (κ3) is 6.76. The zero-order valence-corrected chi connectivity index (χ0v) is 20.6. The molecule has 6 nitrogen and oxygen atoms in total. The van der Waals surface area contributed by atoms with Crippen LogP contribution in [0.5, 0.6) is 5.75 Å². The largest absolute Gasteiger partial charge is 0.484 e. The van der Waals surface area contributed by atoms with E-state index in [9.17, 15) is 9.59 Å². The Morgan fingerprint density at radius 2 is 1.69 bits per heavy atom. The zero-order chi connectivity index (χ0) is 24.6. The zero-order valence-electron chi connectivity index (χ0n) is 19.8. The number of ether oxygens (including phenoxy) is 1. The second kappa shape index (κ2) is 11.8. The molecule has 1 heterocycles. The second-order valence-electron chi connectivity index (χ2n) is 8.68. The molecule has 7 heteroatoms. The quantitative estimate of drug-likeness (QED) is 0.415. The first kappa shape index (κ1) is 24.6. The molecule has 2 amide bonds. The number of piperidine rings is 1. The molecule has 0 spiro atoms. The number of rotatable bonds is 8. The van der Waals surface area contributed by atoms with E-state index in [0.717, 1.165) is 37.2 Å². The SMILES string of the molecule is CC(NC(=O)c1cc(NC(=O)COc2ccc(Cl)cc2)ccc1N1CCCCC1)c1ccccc1. The topological polar surface area (TPSA) is 70.7 Å². The average Bonchev–Trinajstić information content (AvgIpc) is 2.89. The summed E-state index contributed by atoms with van der Waals surface area (Å²) in [4.78, 5) is 28.1. The number of hydrogen-bond acceptors (Lipinski definition) is 4. The van der Waals surface area contributed by atoms with Crippen LogP contribution in [0.3, 0.4) is 0 Å². The minimum atomic E-state index is -0.310. The first-order valence-electron chi connectivity index (χ1n) is 11.9. The van der Waals surface area contributed by atoms with E-state index in [1.807, 2.05) is 49.4 Å². The lowest BCUT2D eigenvalue weighted by Gasteiger charge is -2.31. The molecular weight excluding hydrogens is 462 g/mol. The Morgan fingerprint density at radius 1 is 0.971 bits per heavy atom. The molecule has 0 saturated carbocycles. The highest BCUT2D eigenvalue weighted by Crippen LogP contribution is 2.28. The number of hydrogen-bond donors (Lipinski definition) is 2. The second-order valence-corrected chi connectivity index (χ2v) is 9.11. The van der Waals surface area contributed by atoms with Crippen molar-refractivity contribution in [2.75, 3.05) is 29.9 Å². The summed E-state index contributed by atoms with van der Waals surface area (Å²) in [7, 11) is 0. The van der Waals surface area contributed by atoms with Crippen molar-refractivity contribution in [1.29, 1.82) is 0 Å². The van der Waals surface area contributed by atoms with Gasteiger partial charge in [0.1, 0.15) is 5.75 Å². The first-order valence-corrected chi connectivity index (χ1v) is 12.3. The van der Waals surface area contributed by atoms with E-state index in [0.29, 0.717) is 22.0 Å². The molecule has 1 saturated heterocycles. The van der Waals surface area contributed by atoms with Gasteiger partial charge in [0.05, 0.1) is 11.6 Å². The monoisotopic (exact) mass is 491 g/mol. The van der Waals surface area contributed by atoms with E-state index in [1.165, 1.54) is 6.42 Å². The minimum Gasteiger partial charge on any atom is -0.484 e. The summed E-state index contributed by atoms with van der Waals surface area (Å²) in [6.07, 6.45) is 3.40. The lowest BCUT2D eigenvalue weighted by Crippen LogP contribution is -2.33. The van der Waals surface area contributed by atoms with Gasteiger partial charge in [-0.2, -0.15) is 0 Å². The number of amides is 2. The Balaban J connectivity index is 1.49. The third-order valence-electron chi connectivity index (χ3n) is 6.05. The van der Waals surface area contributed by atoms with E-state index in [1.54, 1.807) is 30.3 Å². The van der Waals surface area contributed by atoms with Crippen molar-refractivity contribution in [3.8, 4) is 5.75 Å². The fourth-order valence-electron chi connectivity index (χ4n) is 4.18. The van der Waals surface area contributed by atoms with Gasteiger partial charge in [0.15, 0.2) is 6.61 Å².